The van der Waals surface area contributed by atoms with E-state index in [0.29, 0.717) is 5.56 Å². The molecule has 0 bridgehead atoms. The lowest BCUT2D eigenvalue weighted by Crippen LogP contribution is -2.40. The van der Waals surface area contributed by atoms with E-state index in [1.54, 1.807) is 0 Å². The minimum atomic E-state index is -4.67. The number of hydrogen-bond donors (Lipinski definition) is 2. The van der Waals surface area contributed by atoms with Crippen LogP contribution in [0.1, 0.15) is 71.6 Å². The van der Waals surface area contributed by atoms with Crippen LogP contribution in [-0.4, -0.2) is 80.4 Å². The number of imidazole rings is 1. The number of rotatable bonds is 10. The number of alkyl halides is 6. The molecule has 3 aromatic heterocycles. The maximum absolute atomic E-state index is 13.3. The molecule has 0 unspecified atom stereocenters. The zero-order valence-electron chi connectivity index (χ0n) is 24.5. The van der Waals surface area contributed by atoms with Gasteiger partial charge in [-0.15, -0.1) is 0 Å². The molecular formula is C27H28F8N8O4. The molecule has 1 saturated heterocycles. The maximum Gasteiger partial charge on any atom is 0.410 e. The first-order valence-electron chi connectivity index (χ1n) is 14.3. The molecule has 2 N–H and O–H groups in total. The maximum atomic E-state index is 13.3. The summed E-state index contributed by atoms with van der Waals surface area (Å²) in [5.41, 5.74) is -0.136. The van der Waals surface area contributed by atoms with Crippen LogP contribution in [0.15, 0.2) is 34.7 Å². The number of allylic oxidation sites excluding steroid dienone is 1. The molecule has 1 saturated carbocycles. The SMILES string of the molecule is COC[C@H](c1cnn2cc([C@@H](NC(=O)c3nonc3CCC(F)(F)F)C3CCC(=C(F)F)CC3)nc2c1)N1C[C@@H](C(F)(F)F)NC1=O. The van der Waals surface area contributed by atoms with Crippen LogP contribution in [0.5, 0.6) is 0 Å². The summed E-state index contributed by atoms with van der Waals surface area (Å²) < 4.78 is 116. The monoisotopic (exact) mass is 680 g/mol. The van der Waals surface area contributed by atoms with Gasteiger partial charge in [0.25, 0.3) is 12.0 Å². The molecule has 1 aliphatic heterocycles. The van der Waals surface area contributed by atoms with Crippen LogP contribution < -0.4 is 10.6 Å². The minimum Gasteiger partial charge on any atom is -0.382 e. The number of amides is 3. The molecule has 0 radical (unpaired) electrons. The smallest absolute Gasteiger partial charge is 0.382 e. The van der Waals surface area contributed by atoms with Gasteiger partial charge < -0.3 is 20.3 Å². The number of nitrogens with zero attached hydrogens (tertiary/aromatic N) is 6. The topological polar surface area (TPSA) is 140 Å². The molecule has 47 heavy (non-hydrogen) atoms. The highest BCUT2D eigenvalue weighted by molar-refractivity contribution is 5.93. The van der Waals surface area contributed by atoms with Crippen molar-refractivity contribution in [3.8, 4) is 0 Å². The lowest BCUT2D eigenvalue weighted by Gasteiger charge is -2.30. The molecular weight excluding hydrogens is 652 g/mol. The Morgan fingerprint density at radius 1 is 1.17 bits per heavy atom. The second-order valence-electron chi connectivity index (χ2n) is 11.3. The van der Waals surface area contributed by atoms with Crippen molar-refractivity contribution in [2.24, 2.45) is 5.92 Å². The van der Waals surface area contributed by atoms with E-state index in [-0.39, 0.29) is 54.9 Å². The van der Waals surface area contributed by atoms with Gasteiger partial charge in [-0.05, 0) is 48.4 Å². The predicted molar refractivity (Wildman–Crippen MR) is 143 cm³/mol. The summed E-state index contributed by atoms with van der Waals surface area (Å²) >= 11 is 0. The zero-order valence-corrected chi connectivity index (χ0v) is 24.5. The van der Waals surface area contributed by atoms with Crippen molar-refractivity contribution in [1.29, 1.82) is 0 Å². The summed E-state index contributed by atoms with van der Waals surface area (Å²) in [6.45, 7) is -0.845. The van der Waals surface area contributed by atoms with Gasteiger partial charge in [0.05, 0.1) is 43.3 Å². The van der Waals surface area contributed by atoms with Crippen molar-refractivity contribution in [3.05, 3.63) is 52.8 Å². The number of fused-ring (bicyclic) bond motifs is 1. The Balaban J connectivity index is 1.44. The number of halogens is 8. The van der Waals surface area contributed by atoms with Crippen molar-refractivity contribution < 1.29 is 54.1 Å². The average Bonchev–Trinajstić information content (AvgIpc) is 3.75. The second kappa shape index (κ2) is 13.4. The molecule has 0 spiro atoms. The van der Waals surface area contributed by atoms with E-state index in [2.05, 4.69) is 30.3 Å². The van der Waals surface area contributed by atoms with Crippen molar-refractivity contribution in [3.63, 3.8) is 0 Å². The standard InChI is InChI=1S/C27H28F8N8O4/c1-46-12-18(42-11-19(27(33,34)35)38-25(42)45)15-8-20-37-17(10-43(20)36-9-15)21(13-2-4-14(5-3-13)23(28)29)39-24(44)22-16(40-47-41-22)6-7-26(30,31)32/h8-10,13,18-19,21H,2-7,11-12H2,1H3,(H,38,45)(H,39,44)/t18-,19+,21+/m1/s1. The molecule has 20 heteroatoms. The summed E-state index contributed by atoms with van der Waals surface area (Å²) in [4.78, 5) is 31.3. The Kier molecular flexibility index (Phi) is 9.69. The van der Waals surface area contributed by atoms with Crippen LogP contribution in [0.25, 0.3) is 5.65 Å². The number of urea groups is 1. The quantitative estimate of drug-likeness (QED) is 0.284. The predicted octanol–water partition coefficient (Wildman–Crippen LogP) is 5.06. The molecule has 3 amide bonds. The summed E-state index contributed by atoms with van der Waals surface area (Å²) in [5, 5.41) is 15.8. The molecule has 2 fully saturated rings. The Morgan fingerprint density at radius 2 is 1.89 bits per heavy atom. The van der Waals surface area contributed by atoms with Crippen molar-refractivity contribution >= 4 is 17.6 Å². The number of nitrogens with one attached hydrogen (secondary N) is 2. The summed E-state index contributed by atoms with van der Waals surface area (Å²) in [6, 6.07) is -3.48. The number of aromatic nitrogens is 5. The van der Waals surface area contributed by atoms with Gasteiger partial charge >= 0.3 is 18.4 Å². The molecule has 3 atom stereocenters. The number of ether oxygens (including phenoxy) is 1. The summed E-state index contributed by atoms with van der Waals surface area (Å²) in [7, 11) is 1.31. The van der Waals surface area contributed by atoms with E-state index in [1.165, 1.54) is 30.1 Å². The van der Waals surface area contributed by atoms with Crippen LogP contribution in [0.3, 0.4) is 0 Å². The molecule has 4 heterocycles. The van der Waals surface area contributed by atoms with Gasteiger partial charge in [-0.25, -0.2) is 18.9 Å². The number of aryl methyl sites for hydroxylation is 1. The largest absolute Gasteiger partial charge is 0.410 e. The Bertz CT molecular complexity index is 1620. The first-order chi connectivity index (χ1) is 22.1. The lowest BCUT2D eigenvalue weighted by molar-refractivity contribution is -0.150. The molecule has 5 rings (SSSR count). The van der Waals surface area contributed by atoms with Crippen LogP contribution >= 0.6 is 0 Å². The summed E-state index contributed by atoms with van der Waals surface area (Å²) in [5.74, 6) is -1.37. The number of carbonyl (C=O) groups is 2. The third kappa shape index (κ3) is 7.79. The van der Waals surface area contributed by atoms with Gasteiger partial charge in [-0.1, -0.05) is 5.16 Å². The first kappa shape index (κ1) is 34.0. The first-order valence-corrected chi connectivity index (χ1v) is 14.3. The van der Waals surface area contributed by atoms with E-state index in [9.17, 15) is 44.7 Å². The van der Waals surface area contributed by atoms with Gasteiger partial charge in [0.15, 0.2) is 11.3 Å². The Labute approximate surface area is 260 Å². The van der Waals surface area contributed by atoms with E-state index >= 15 is 0 Å². The second-order valence-corrected chi connectivity index (χ2v) is 11.3. The fraction of sp³-hybridized carbons (Fsp3) is 0.556. The molecule has 3 aromatic rings. The van der Waals surface area contributed by atoms with Crippen molar-refractivity contribution in [2.45, 2.75) is 69.0 Å². The van der Waals surface area contributed by atoms with E-state index in [1.807, 2.05) is 5.32 Å². The fourth-order valence-electron chi connectivity index (χ4n) is 5.73. The van der Waals surface area contributed by atoms with Gasteiger partial charge in [0.2, 0.25) is 0 Å². The fourth-order valence-corrected chi connectivity index (χ4v) is 5.73. The average molecular weight is 681 g/mol. The van der Waals surface area contributed by atoms with E-state index in [4.69, 9.17) is 4.74 Å². The van der Waals surface area contributed by atoms with Crippen LogP contribution in [-0.2, 0) is 11.2 Å². The number of methoxy groups -OCH3 is 1. The third-order valence-corrected chi connectivity index (χ3v) is 8.17. The highest BCUT2D eigenvalue weighted by atomic mass is 19.4. The van der Waals surface area contributed by atoms with Gasteiger partial charge in [0, 0.05) is 25.5 Å². The van der Waals surface area contributed by atoms with Crippen LogP contribution in [0.4, 0.5) is 39.9 Å². The molecule has 12 nitrogen and oxygen atoms in total. The van der Waals surface area contributed by atoms with Gasteiger partial charge in [-0.2, -0.15) is 40.2 Å². The van der Waals surface area contributed by atoms with E-state index in [0.717, 1.165) is 4.90 Å². The van der Waals surface area contributed by atoms with Crippen LogP contribution in [0, 0.1) is 5.92 Å². The minimum absolute atomic E-state index is 0.0225. The number of hydrogen-bond acceptors (Lipinski definition) is 8. The molecule has 0 aromatic carbocycles. The lowest BCUT2D eigenvalue weighted by atomic mass is 9.80. The van der Waals surface area contributed by atoms with Gasteiger partial charge in [0.1, 0.15) is 11.7 Å². The molecule has 256 valence electrons. The highest BCUT2D eigenvalue weighted by Gasteiger charge is 2.48. The summed E-state index contributed by atoms with van der Waals surface area (Å²) in [6.07, 6.45) is -9.68. The van der Waals surface area contributed by atoms with Crippen molar-refractivity contribution in [2.75, 3.05) is 20.3 Å². The van der Waals surface area contributed by atoms with E-state index < -0.39 is 79.5 Å². The normalized spacial score (nSPS) is 20.4. The Hall–Kier alpha value is -4.36. The number of carbonyl (C=O) groups excluding carboxylic acids is 2. The zero-order chi connectivity index (χ0) is 34.1. The molecule has 1 aliphatic carbocycles. The van der Waals surface area contributed by atoms with Crippen LogP contribution in [0.2, 0.25) is 0 Å². The molecule has 2 aliphatic rings. The highest BCUT2D eigenvalue weighted by Crippen LogP contribution is 2.39. The van der Waals surface area contributed by atoms with Crippen molar-refractivity contribution in [1.82, 2.24) is 40.4 Å². The third-order valence-electron chi connectivity index (χ3n) is 8.17. The Morgan fingerprint density at radius 3 is 2.51 bits per heavy atom. The van der Waals surface area contributed by atoms with Gasteiger partial charge in [-0.3, -0.25) is 4.79 Å².